The molecule has 17 heavy (non-hydrogen) atoms. The molecule has 4 heteroatoms. The van der Waals surface area contributed by atoms with E-state index in [9.17, 15) is 4.79 Å². The van der Waals surface area contributed by atoms with Crippen molar-refractivity contribution < 1.29 is 9.90 Å². The van der Waals surface area contributed by atoms with E-state index in [1.807, 2.05) is 26.0 Å². The molecular formula is C13H12ClNO2. The van der Waals surface area contributed by atoms with Gasteiger partial charge in [-0.1, -0.05) is 11.6 Å². The predicted molar refractivity (Wildman–Crippen MR) is 69.5 cm³/mol. The highest BCUT2D eigenvalue weighted by molar-refractivity contribution is 6.32. The van der Waals surface area contributed by atoms with E-state index >= 15 is 0 Å². The fourth-order valence-electron chi connectivity index (χ4n) is 1.76. The Morgan fingerprint density at radius 2 is 2.00 bits per heavy atom. The first kappa shape index (κ1) is 11.7. The second kappa shape index (κ2) is 4.26. The van der Waals surface area contributed by atoms with E-state index in [0.717, 1.165) is 22.5 Å². The standard InChI is InChI=1S/C13H12ClNO2/c1-7-5-10-9(3-4-12(16)17)13(14)15-11(10)6-8(7)2/h3-6,15H,1-2H3,(H,16,17)/b4-3+. The van der Waals surface area contributed by atoms with Crippen LogP contribution in [-0.2, 0) is 4.79 Å². The Balaban J connectivity index is 2.66. The van der Waals surface area contributed by atoms with E-state index in [1.165, 1.54) is 11.6 Å². The first-order valence-electron chi connectivity index (χ1n) is 5.18. The Hall–Kier alpha value is -1.74. The number of aromatic nitrogens is 1. The van der Waals surface area contributed by atoms with E-state index in [-0.39, 0.29) is 0 Å². The van der Waals surface area contributed by atoms with Gasteiger partial charge in [0, 0.05) is 22.5 Å². The van der Waals surface area contributed by atoms with Gasteiger partial charge in [-0.15, -0.1) is 0 Å². The third-order valence-electron chi connectivity index (χ3n) is 2.80. The molecule has 0 spiro atoms. The highest BCUT2D eigenvalue weighted by Crippen LogP contribution is 2.29. The normalized spacial score (nSPS) is 11.5. The number of halogens is 1. The molecule has 1 heterocycles. The molecule has 0 amide bonds. The van der Waals surface area contributed by atoms with E-state index in [1.54, 1.807) is 0 Å². The summed E-state index contributed by atoms with van der Waals surface area (Å²) in [6.07, 6.45) is 2.60. The molecule has 2 aromatic rings. The number of carbonyl (C=O) groups is 1. The zero-order valence-electron chi connectivity index (χ0n) is 9.54. The summed E-state index contributed by atoms with van der Waals surface area (Å²) >= 11 is 6.06. The van der Waals surface area contributed by atoms with Crippen molar-refractivity contribution >= 4 is 34.5 Å². The summed E-state index contributed by atoms with van der Waals surface area (Å²) in [6.45, 7) is 4.04. The molecule has 1 aromatic carbocycles. The molecule has 0 unspecified atom stereocenters. The number of nitrogens with one attached hydrogen (secondary N) is 1. The molecule has 1 aromatic heterocycles. The van der Waals surface area contributed by atoms with Crippen LogP contribution in [0.3, 0.4) is 0 Å². The largest absolute Gasteiger partial charge is 0.478 e. The van der Waals surface area contributed by atoms with Crippen LogP contribution in [0.25, 0.3) is 17.0 Å². The number of fused-ring (bicyclic) bond motifs is 1. The van der Waals surface area contributed by atoms with E-state index in [0.29, 0.717) is 10.7 Å². The van der Waals surface area contributed by atoms with Crippen molar-refractivity contribution in [2.24, 2.45) is 0 Å². The fraction of sp³-hybridized carbons (Fsp3) is 0.154. The van der Waals surface area contributed by atoms with E-state index in [2.05, 4.69) is 4.98 Å². The van der Waals surface area contributed by atoms with Gasteiger partial charge in [-0.3, -0.25) is 0 Å². The second-order valence-corrected chi connectivity index (χ2v) is 4.38. The Morgan fingerprint density at radius 3 is 2.65 bits per heavy atom. The third-order valence-corrected chi connectivity index (χ3v) is 3.10. The van der Waals surface area contributed by atoms with Crippen molar-refractivity contribution in [3.63, 3.8) is 0 Å². The minimum atomic E-state index is -0.987. The number of aromatic amines is 1. The molecular weight excluding hydrogens is 238 g/mol. The smallest absolute Gasteiger partial charge is 0.328 e. The number of benzene rings is 1. The van der Waals surface area contributed by atoms with Gasteiger partial charge < -0.3 is 10.1 Å². The Bertz CT molecular complexity index is 626. The number of carboxylic acid groups (broad SMARTS) is 1. The average Bonchev–Trinajstić information content (AvgIpc) is 2.52. The summed E-state index contributed by atoms with van der Waals surface area (Å²) in [6, 6.07) is 4.02. The quantitative estimate of drug-likeness (QED) is 0.800. The van der Waals surface area contributed by atoms with Gasteiger partial charge in [-0.2, -0.15) is 0 Å². The second-order valence-electron chi connectivity index (χ2n) is 4.01. The zero-order chi connectivity index (χ0) is 12.6. The molecule has 88 valence electrons. The lowest BCUT2D eigenvalue weighted by Gasteiger charge is -2.00. The summed E-state index contributed by atoms with van der Waals surface area (Å²) < 4.78 is 0. The lowest BCUT2D eigenvalue weighted by atomic mass is 10.1. The summed E-state index contributed by atoms with van der Waals surface area (Å²) in [4.78, 5) is 13.6. The lowest BCUT2D eigenvalue weighted by Crippen LogP contribution is -1.85. The Labute approximate surface area is 104 Å². The summed E-state index contributed by atoms with van der Waals surface area (Å²) in [5.74, 6) is -0.987. The molecule has 3 nitrogen and oxygen atoms in total. The summed E-state index contributed by atoms with van der Waals surface area (Å²) in [7, 11) is 0. The number of aryl methyl sites for hydroxylation is 2. The van der Waals surface area contributed by atoms with Gasteiger partial charge in [0.2, 0.25) is 0 Å². The summed E-state index contributed by atoms with van der Waals surface area (Å²) in [5.41, 5.74) is 3.96. The highest BCUT2D eigenvalue weighted by atomic mass is 35.5. The van der Waals surface area contributed by atoms with Gasteiger partial charge in [0.1, 0.15) is 5.15 Å². The predicted octanol–water partition coefficient (Wildman–Crippen LogP) is 3.54. The number of carboxylic acids is 1. The first-order valence-corrected chi connectivity index (χ1v) is 5.56. The van der Waals surface area contributed by atoms with Gasteiger partial charge in [-0.25, -0.2) is 4.79 Å². The van der Waals surface area contributed by atoms with Crippen LogP contribution in [0.2, 0.25) is 5.15 Å². The average molecular weight is 250 g/mol. The minimum absolute atomic E-state index is 0.461. The van der Waals surface area contributed by atoms with Crippen LogP contribution in [0.15, 0.2) is 18.2 Å². The first-order chi connectivity index (χ1) is 7.99. The van der Waals surface area contributed by atoms with Crippen LogP contribution in [0.4, 0.5) is 0 Å². The van der Waals surface area contributed by atoms with Gasteiger partial charge in [0.05, 0.1) is 0 Å². The molecule has 0 atom stereocenters. The van der Waals surface area contributed by atoms with Gasteiger partial charge >= 0.3 is 5.97 Å². The maximum absolute atomic E-state index is 10.5. The van der Waals surface area contributed by atoms with Crippen molar-refractivity contribution in [1.82, 2.24) is 4.98 Å². The zero-order valence-corrected chi connectivity index (χ0v) is 10.3. The van der Waals surface area contributed by atoms with Crippen molar-refractivity contribution in [2.75, 3.05) is 0 Å². The van der Waals surface area contributed by atoms with Crippen LogP contribution >= 0.6 is 11.6 Å². The monoisotopic (exact) mass is 249 g/mol. The Kier molecular flexibility index (Phi) is 2.94. The number of hydrogen-bond acceptors (Lipinski definition) is 1. The molecule has 0 bridgehead atoms. The van der Waals surface area contributed by atoms with Crippen LogP contribution in [0.5, 0.6) is 0 Å². The molecule has 0 radical (unpaired) electrons. The molecule has 0 fully saturated rings. The number of H-pyrrole nitrogens is 1. The topological polar surface area (TPSA) is 53.1 Å². The van der Waals surface area contributed by atoms with Crippen molar-refractivity contribution in [3.8, 4) is 0 Å². The van der Waals surface area contributed by atoms with E-state index < -0.39 is 5.97 Å². The highest BCUT2D eigenvalue weighted by Gasteiger charge is 2.09. The lowest BCUT2D eigenvalue weighted by molar-refractivity contribution is -0.131. The van der Waals surface area contributed by atoms with Crippen molar-refractivity contribution in [2.45, 2.75) is 13.8 Å². The molecule has 2 rings (SSSR count). The van der Waals surface area contributed by atoms with Crippen molar-refractivity contribution in [3.05, 3.63) is 40.1 Å². The van der Waals surface area contributed by atoms with Crippen LogP contribution in [-0.4, -0.2) is 16.1 Å². The maximum Gasteiger partial charge on any atom is 0.328 e. The number of aliphatic carboxylic acids is 1. The summed E-state index contributed by atoms with van der Waals surface area (Å²) in [5, 5.41) is 10.0. The van der Waals surface area contributed by atoms with Crippen LogP contribution in [0, 0.1) is 13.8 Å². The molecule has 0 saturated carbocycles. The molecule has 0 aliphatic heterocycles. The van der Waals surface area contributed by atoms with Gasteiger partial charge in [-0.05, 0) is 43.2 Å². The van der Waals surface area contributed by atoms with Crippen molar-refractivity contribution in [1.29, 1.82) is 0 Å². The molecule has 0 aliphatic rings. The molecule has 0 saturated heterocycles. The number of rotatable bonds is 2. The number of hydrogen-bond donors (Lipinski definition) is 2. The molecule has 2 N–H and O–H groups in total. The minimum Gasteiger partial charge on any atom is -0.478 e. The maximum atomic E-state index is 10.5. The fourth-order valence-corrected chi connectivity index (χ4v) is 2.03. The van der Waals surface area contributed by atoms with Crippen LogP contribution in [0.1, 0.15) is 16.7 Å². The van der Waals surface area contributed by atoms with Gasteiger partial charge in [0.15, 0.2) is 0 Å². The Morgan fingerprint density at radius 1 is 1.35 bits per heavy atom. The third kappa shape index (κ3) is 2.19. The van der Waals surface area contributed by atoms with Gasteiger partial charge in [0.25, 0.3) is 0 Å². The van der Waals surface area contributed by atoms with E-state index in [4.69, 9.17) is 16.7 Å². The molecule has 0 aliphatic carbocycles. The van der Waals surface area contributed by atoms with Crippen LogP contribution < -0.4 is 0 Å². The SMILES string of the molecule is Cc1cc2[nH]c(Cl)c(/C=C/C(=O)O)c2cc1C.